The van der Waals surface area contributed by atoms with Crippen molar-refractivity contribution in [2.75, 3.05) is 14.2 Å². The van der Waals surface area contributed by atoms with Gasteiger partial charge in [-0.3, -0.25) is 0 Å². The molecule has 1 aromatic rings. The molecule has 0 fully saturated rings. The highest BCUT2D eigenvalue weighted by Crippen LogP contribution is 2.38. The van der Waals surface area contributed by atoms with E-state index in [9.17, 15) is 0 Å². The van der Waals surface area contributed by atoms with Crippen LogP contribution in [0.1, 0.15) is 18.5 Å². The van der Waals surface area contributed by atoms with E-state index in [0.29, 0.717) is 0 Å². The van der Waals surface area contributed by atoms with Crippen molar-refractivity contribution in [3.63, 3.8) is 0 Å². The van der Waals surface area contributed by atoms with Crippen molar-refractivity contribution >= 4 is 0 Å². The minimum atomic E-state index is 0.0556. The van der Waals surface area contributed by atoms with E-state index < -0.39 is 0 Å². The molecule has 0 amide bonds. The Morgan fingerprint density at radius 2 is 2.13 bits per heavy atom. The molecule has 0 radical (unpaired) electrons. The van der Waals surface area contributed by atoms with E-state index in [2.05, 4.69) is 5.48 Å². The van der Waals surface area contributed by atoms with Gasteiger partial charge in [0.05, 0.1) is 20.3 Å². The first-order valence-electron chi connectivity index (χ1n) is 4.89. The second-order valence-corrected chi connectivity index (χ2v) is 3.53. The fraction of sp³-hybridized carbons (Fsp3) is 0.455. The van der Waals surface area contributed by atoms with Gasteiger partial charge in [0.2, 0.25) is 0 Å². The maximum absolute atomic E-state index is 5.67. The predicted octanol–water partition coefficient (Wildman–Crippen LogP) is 1.67. The third kappa shape index (κ3) is 1.78. The van der Waals surface area contributed by atoms with Crippen LogP contribution in [0.4, 0.5) is 0 Å². The lowest BCUT2D eigenvalue weighted by Gasteiger charge is -2.14. The fourth-order valence-corrected chi connectivity index (χ4v) is 1.81. The lowest BCUT2D eigenvalue weighted by molar-refractivity contribution is 0.0339. The Morgan fingerprint density at radius 3 is 2.80 bits per heavy atom. The largest absolute Gasteiger partial charge is 0.497 e. The highest BCUT2D eigenvalue weighted by Gasteiger charge is 2.31. The van der Waals surface area contributed by atoms with Crippen LogP contribution in [0.3, 0.4) is 0 Å². The van der Waals surface area contributed by atoms with Gasteiger partial charge in [0, 0.05) is 5.56 Å². The van der Waals surface area contributed by atoms with Crippen LogP contribution in [-0.2, 0) is 4.84 Å². The monoisotopic (exact) mass is 209 g/mol. The average molecular weight is 209 g/mol. The van der Waals surface area contributed by atoms with Gasteiger partial charge >= 0.3 is 0 Å². The molecule has 0 spiro atoms. The summed E-state index contributed by atoms with van der Waals surface area (Å²) in [7, 11) is 3.25. The quantitative estimate of drug-likeness (QED) is 0.769. The molecule has 0 aliphatic carbocycles. The van der Waals surface area contributed by atoms with Gasteiger partial charge in [-0.1, -0.05) is 0 Å². The number of hydroxylamine groups is 1. The van der Waals surface area contributed by atoms with Crippen LogP contribution in [-0.4, -0.2) is 20.3 Å². The van der Waals surface area contributed by atoms with Gasteiger partial charge in [-0.05, 0) is 25.1 Å². The zero-order valence-corrected chi connectivity index (χ0v) is 9.11. The van der Waals surface area contributed by atoms with Gasteiger partial charge < -0.3 is 14.3 Å². The van der Waals surface area contributed by atoms with E-state index in [1.165, 1.54) is 0 Å². The van der Waals surface area contributed by atoms with Gasteiger partial charge in [-0.15, -0.1) is 0 Å². The van der Waals surface area contributed by atoms with Crippen molar-refractivity contribution in [3.05, 3.63) is 23.8 Å². The molecule has 2 atom stereocenters. The third-order valence-electron chi connectivity index (χ3n) is 2.58. The summed E-state index contributed by atoms with van der Waals surface area (Å²) in [6.45, 7) is 2.00. The third-order valence-corrected chi connectivity index (χ3v) is 2.58. The second kappa shape index (κ2) is 4.08. The van der Waals surface area contributed by atoms with Crippen molar-refractivity contribution in [1.82, 2.24) is 5.48 Å². The van der Waals surface area contributed by atoms with Gasteiger partial charge in [-0.2, -0.15) is 5.48 Å². The molecule has 2 rings (SSSR count). The van der Waals surface area contributed by atoms with Crippen molar-refractivity contribution < 1.29 is 14.3 Å². The first kappa shape index (κ1) is 10.3. The maximum Gasteiger partial charge on any atom is 0.125 e. The van der Waals surface area contributed by atoms with Gasteiger partial charge in [-0.25, -0.2) is 0 Å². The number of benzene rings is 1. The fourth-order valence-electron chi connectivity index (χ4n) is 1.81. The maximum atomic E-state index is 5.67. The summed E-state index contributed by atoms with van der Waals surface area (Å²) in [5, 5.41) is 0. The summed E-state index contributed by atoms with van der Waals surface area (Å²) >= 11 is 0. The van der Waals surface area contributed by atoms with Crippen LogP contribution in [0.15, 0.2) is 18.2 Å². The summed E-state index contributed by atoms with van der Waals surface area (Å²) in [5.41, 5.74) is 3.99. The Morgan fingerprint density at radius 1 is 1.33 bits per heavy atom. The van der Waals surface area contributed by atoms with Crippen LogP contribution >= 0.6 is 0 Å². The smallest absolute Gasteiger partial charge is 0.125 e. The van der Waals surface area contributed by atoms with E-state index >= 15 is 0 Å². The molecule has 0 aromatic heterocycles. The second-order valence-electron chi connectivity index (χ2n) is 3.53. The van der Waals surface area contributed by atoms with E-state index in [1.807, 2.05) is 25.1 Å². The SMILES string of the molecule is CONC1c2cc(OC)ccc2OC1C. The van der Waals surface area contributed by atoms with Gasteiger partial charge in [0.25, 0.3) is 0 Å². The number of hydrogen-bond acceptors (Lipinski definition) is 4. The Hall–Kier alpha value is -1.26. The van der Waals surface area contributed by atoms with E-state index in [4.69, 9.17) is 14.3 Å². The molecule has 1 heterocycles. The number of nitrogens with one attached hydrogen (secondary N) is 1. The summed E-state index contributed by atoms with van der Waals surface area (Å²) in [6.07, 6.45) is 0.0621. The van der Waals surface area contributed by atoms with Crippen LogP contribution < -0.4 is 15.0 Å². The Labute approximate surface area is 89.1 Å². The number of fused-ring (bicyclic) bond motifs is 1. The molecule has 82 valence electrons. The number of hydrogen-bond donors (Lipinski definition) is 1. The van der Waals surface area contributed by atoms with Gasteiger partial charge in [0.15, 0.2) is 0 Å². The molecule has 2 unspecified atom stereocenters. The van der Waals surface area contributed by atoms with Crippen molar-refractivity contribution in [1.29, 1.82) is 0 Å². The first-order valence-corrected chi connectivity index (χ1v) is 4.89. The molecule has 4 heteroatoms. The van der Waals surface area contributed by atoms with E-state index in [1.54, 1.807) is 14.2 Å². The van der Waals surface area contributed by atoms with Crippen LogP contribution in [0, 0.1) is 0 Å². The molecule has 0 saturated carbocycles. The van der Waals surface area contributed by atoms with Crippen molar-refractivity contribution in [2.24, 2.45) is 0 Å². The number of methoxy groups -OCH3 is 1. The lowest BCUT2D eigenvalue weighted by Crippen LogP contribution is -2.27. The molecule has 15 heavy (non-hydrogen) atoms. The van der Waals surface area contributed by atoms with Crippen LogP contribution in [0.5, 0.6) is 11.5 Å². The minimum Gasteiger partial charge on any atom is -0.497 e. The normalized spacial score (nSPS) is 23.4. The molecule has 1 aliphatic heterocycles. The van der Waals surface area contributed by atoms with E-state index in [0.717, 1.165) is 17.1 Å². The Balaban J connectivity index is 2.32. The topological polar surface area (TPSA) is 39.7 Å². The predicted molar refractivity (Wildman–Crippen MR) is 56.0 cm³/mol. The minimum absolute atomic E-state index is 0.0556. The average Bonchev–Trinajstić information content (AvgIpc) is 2.55. The standard InChI is InChI=1S/C11H15NO3/c1-7-11(12-14-3)9-6-8(13-2)4-5-10(9)15-7/h4-7,11-12H,1-3H3. The van der Waals surface area contributed by atoms with Gasteiger partial charge in [0.1, 0.15) is 17.6 Å². The van der Waals surface area contributed by atoms with Crippen LogP contribution in [0.2, 0.25) is 0 Å². The highest BCUT2D eigenvalue weighted by atomic mass is 16.6. The highest BCUT2D eigenvalue weighted by molar-refractivity contribution is 5.45. The summed E-state index contributed by atoms with van der Waals surface area (Å²) in [6, 6.07) is 5.83. The van der Waals surface area contributed by atoms with Crippen molar-refractivity contribution in [2.45, 2.75) is 19.1 Å². The number of ether oxygens (including phenoxy) is 2. The summed E-state index contributed by atoms with van der Waals surface area (Å²) in [4.78, 5) is 4.96. The molecule has 0 saturated heterocycles. The van der Waals surface area contributed by atoms with Crippen LogP contribution in [0.25, 0.3) is 0 Å². The molecule has 1 aromatic carbocycles. The summed E-state index contributed by atoms with van der Waals surface area (Å²) in [5.74, 6) is 1.72. The molecular formula is C11H15NO3. The summed E-state index contributed by atoms with van der Waals surface area (Å²) < 4.78 is 10.9. The molecule has 4 nitrogen and oxygen atoms in total. The molecule has 1 aliphatic rings. The van der Waals surface area contributed by atoms with E-state index in [-0.39, 0.29) is 12.1 Å². The van der Waals surface area contributed by atoms with Crippen molar-refractivity contribution in [3.8, 4) is 11.5 Å². The zero-order chi connectivity index (χ0) is 10.8. The lowest BCUT2D eigenvalue weighted by atomic mass is 10.1. The molecular weight excluding hydrogens is 194 g/mol. The molecule has 0 bridgehead atoms. The zero-order valence-electron chi connectivity index (χ0n) is 9.11. The number of rotatable bonds is 3. The first-order chi connectivity index (χ1) is 7.26. The Bertz CT molecular complexity index is 354. The Kier molecular flexibility index (Phi) is 2.79. The molecule has 1 N–H and O–H groups in total.